The average molecular weight is 603 g/mol. The van der Waals surface area contributed by atoms with E-state index in [1.165, 1.54) is 37.7 Å². The fourth-order valence-corrected chi connectivity index (χ4v) is 7.02. The summed E-state index contributed by atoms with van der Waals surface area (Å²) in [5.41, 5.74) is 2.14. The summed E-state index contributed by atoms with van der Waals surface area (Å²) < 4.78 is 0. The zero-order valence-corrected chi connectivity index (χ0v) is 25.7. The second-order valence-corrected chi connectivity index (χ2v) is 12.7. The predicted molar refractivity (Wildman–Crippen MR) is 168 cm³/mol. The van der Waals surface area contributed by atoms with Crippen molar-refractivity contribution in [2.45, 2.75) is 82.7 Å². The predicted octanol–water partition coefficient (Wildman–Crippen LogP) is 3.68. The van der Waals surface area contributed by atoms with Crippen LogP contribution in [-0.2, 0) is 32.0 Å². The molecule has 2 atom stereocenters. The van der Waals surface area contributed by atoms with E-state index >= 15 is 0 Å². The van der Waals surface area contributed by atoms with Crippen LogP contribution in [-0.4, -0.2) is 88.2 Å². The molecule has 0 aromatic heterocycles. The molecule has 0 radical (unpaired) electrons. The number of unbranched alkanes of at least 4 members (excludes halogenated alkanes) is 1. The minimum Gasteiger partial charge on any atom is -0.508 e. The summed E-state index contributed by atoms with van der Waals surface area (Å²) in [4.78, 5) is 56.8. The minimum atomic E-state index is -0.582. The first-order valence-electron chi connectivity index (χ1n) is 16.4. The summed E-state index contributed by atoms with van der Waals surface area (Å²) in [5.74, 6) is -1.06. The van der Waals surface area contributed by atoms with Crippen LogP contribution >= 0.6 is 0 Å². The van der Waals surface area contributed by atoms with E-state index in [4.69, 9.17) is 0 Å². The smallest absolute Gasteiger partial charge is 0.312 e. The van der Waals surface area contributed by atoms with Gasteiger partial charge in [0.15, 0.2) is 0 Å². The molecule has 3 aliphatic rings. The Morgan fingerprint density at radius 1 is 0.705 bits per heavy atom. The van der Waals surface area contributed by atoms with Crippen LogP contribution in [0.3, 0.4) is 0 Å². The largest absolute Gasteiger partial charge is 0.508 e. The van der Waals surface area contributed by atoms with E-state index in [9.17, 15) is 24.3 Å². The van der Waals surface area contributed by atoms with Crippen molar-refractivity contribution in [3.63, 3.8) is 0 Å². The maximum absolute atomic E-state index is 13.4. The fraction of sp³-hybridized carbons (Fsp3) is 0.543. The molecule has 3 fully saturated rings. The van der Waals surface area contributed by atoms with E-state index in [1.807, 2.05) is 35.2 Å². The SMILES string of the molecule is O=C1NC[C@@H](CCCCN2C[C@H](Cc3ccccc3)N(CCC3CCCCC3)C(=O)C2=O)N(CCc2ccc(O)cc2)C1=O. The number of phenolic OH excluding ortho intramolecular Hbond substituents is 1. The number of piperazine rings is 2. The standard InChI is InChI=1S/C35H46N4O5/c40-31-16-14-27(15-17-31)19-21-38-29(24-36-32(41)33(38)42)13-7-8-20-37-25-30(23-28-11-5-2-6-12-28)39(35(44)34(37)43)22-18-26-9-3-1-4-10-26/h2,5-6,11-12,14-17,26,29-30,40H,1,3-4,7-10,13,18-25H2,(H,36,41)/t29-,30+/m1/s1. The molecule has 236 valence electrons. The lowest BCUT2D eigenvalue weighted by atomic mass is 9.86. The van der Waals surface area contributed by atoms with Crippen LogP contribution in [0.4, 0.5) is 0 Å². The van der Waals surface area contributed by atoms with Gasteiger partial charge >= 0.3 is 23.6 Å². The summed E-state index contributed by atoms with van der Waals surface area (Å²) in [6.45, 7) is 2.48. The number of benzene rings is 2. The van der Waals surface area contributed by atoms with E-state index in [0.29, 0.717) is 57.9 Å². The third kappa shape index (κ3) is 8.18. The molecular formula is C35H46N4O5. The Labute approximate surface area is 260 Å². The Balaban J connectivity index is 1.16. The third-order valence-corrected chi connectivity index (χ3v) is 9.61. The van der Waals surface area contributed by atoms with E-state index in [-0.39, 0.29) is 23.7 Å². The van der Waals surface area contributed by atoms with Gasteiger partial charge in [0.2, 0.25) is 0 Å². The Morgan fingerprint density at radius 3 is 2.18 bits per heavy atom. The molecular weight excluding hydrogens is 556 g/mol. The number of aromatic hydroxyl groups is 1. The molecule has 2 aromatic carbocycles. The minimum absolute atomic E-state index is 0.0484. The topological polar surface area (TPSA) is 110 Å². The highest BCUT2D eigenvalue weighted by Crippen LogP contribution is 2.28. The quantitative estimate of drug-likeness (QED) is 0.269. The molecule has 1 saturated carbocycles. The highest BCUT2D eigenvalue weighted by Gasteiger charge is 2.39. The summed E-state index contributed by atoms with van der Waals surface area (Å²) in [5, 5.41) is 12.3. The van der Waals surface area contributed by atoms with E-state index in [0.717, 1.165) is 24.8 Å². The van der Waals surface area contributed by atoms with Gasteiger partial charge in [-0.25, -0.2) is 0 Å². The number of rotatable bonds is 13. The average Bonchev–Trinajstić information content (AvgIpc) is 3.04. The van der Waals surface area contributed by atoms with Crippen LogP contribution in [0, 0.1) is 5.92 Å². The van der Waals surface area contributed by atoms with Crippen molar-refractivity contribution in [2.75, 3.05) is 32.7 Å². The van der Waals surface area contributed by atoms with Crippen molar-refractivity contribution < 1.29 is 24.3 Å². The highest BCUT2D eigenvalue weighted by atomic mass is 16.3. The first kappa shape index (κ1) is 31.5. The molecule has 1 aliphatic carbocycles. The van der Waals surface area contributed by atoms with E-state index in [1.54, 1.807) is 21.9 Å². The normalized spacial score (nSPS) is 21.6. The zero-order chi connectivity index (χ0) is 30.9. The van der Waals surface area contributed by atoms with Crippen molar-refractivity contribution >= 4 is 23.6 Å². The molecule has 5 rings (SSSR count). The van der Waals surface area contributed by atoms with Gasteiger partial charge in [-0.05, 0) is 67.7 Å². The molecule has 0 spiro atoms. The number of nitrogens with one attached hydrogen (secondary N) is 1. The van der Waals surface area contributed by atoms with E-state index in [2.05, 4.69) is 17.4 Å². The van der Waals surface area contributed by atoms with Gasteiger partial charge in [-0.2, -0.15) is 0 Å². The van der Waals surface area contributed by atoms with Crippen LogP contribution in [0.25, 0.3) is 0 Å². The summed E-state index contributed by atoms with van der Waals surface area (Å²) in [6, 6.07) is 16.9. The van der Waals surface area contributed by atoms with Crippen molar-refractivity contribution in [1.29, 1.82) is 0 Å². The lowest BCUT2D eigenvalue weighted by molar-refractivity contribution is -0.159. The lowest BCUT2D eigenvalue weighted by Gasteiger charge is -2.41. The first-order valence-corrected chi connectivity index (χ1v) is 16.4. The molecule has 0 unspecified atom stereocenters. The van der Waals surface area contributed by atoms with Crippen molar-refractivity contribution in [3.8, 4) is 5.75 Å². The lowest BCUT2D eigenvalue weighted by Crippen LogP contribution is -2.60. The highest BCUT2D eigenvalue weighted by molar-refractivity contribution is 6.36. The number of amides is 4. The monoisotopic (exact) mass is 602 g/mol. The van der Waals surface area contributed by atoms with Crippen molar-refractivity contribution in [3.05, 3.63) is 65.7 Å². The van der Waals surface area contributed by atoms with Gasteiger partial charge in [0.05, 0.1) is 6.04 Å². The van der Waals surface area contributed by atoms with Crippen LogP contribution < -0.4 is 5.32 Å². The van der Waals surface area contributed by atoms with Gasteiger partial charge in [-0.1, -0.05) is 74.6 Å². The maximum Gasteiger partial charge on any atom is 0.312 e. The molecule has 9 heteroatoms. The zero-order valence-electron chi connectivity index (χ0n) is 25.7. The first-order chi connectivity index (χ1) is 21.4. The van der Waals surface area contributed by atoms with Gasteiger partial charge in [0.25, 0.3) is 0 Å². The van der Waals surface area contributed by atoms with Crippen LogP contribution in [0.1, 0.15) is 68.9 Å². The number of carbonyl (C=O) groups excluding carboxylic acids is 4. The fourth-order valence-electron chi connectivity index (χ4n) is 7.02. The molecule has 2 aliphatic heterocycles. The maximum atomic E-state index is 13.4. The van der Waals surface area contributed by atoms with Gasteiger partial charge < -0.3 is 25.1 Å². The number of carbonyl (C=O) groups is 4. The van der Waals surface area contributed by atoms with Gasteiger partial charge in [-0.15, -0.1) is 0 Å². The van der Waals surface area contributed by atoms with Gasteiger partial charge in [0, 0.05) is 38.8 Å². The molecule has 44 heavy (non-hydrogen) atoms. The second-order valence-electron chi connectivity index (χ2n) is 12.7. The molecule has 2 saturated heterocycles. The summed E-state index contributed by atoms with van der Waals surface area (Å²) in [6.07, 6.45) is 10.7. The molecule has 2 heterocycles. The molecule has 4 amide bonds. The van der Waals surface area contributed by atoms with Gasteiger partial charge in [-0.3, -0.25) is 19.2 Å². The molecule has 2 N–H and O–H groups in total. The molecule has 9 nitrogen and oxygen atoms in total. The molecule has 2 aromatic rings. The Morgan fingerprint density at radius 2 is 1.43 bits per heavy atom. The Kier molecular flexibility index (Phi) is 10.9. The number of phenols is 1. The van der Waals surface area contributed by atoms with Crippen molar-refractivity contribution in [1.82, 2.24) is 20.0 Å². The Hall–Kier alpha value is -3.88. The number of hydrogen-bond acceptors (Lipinski definition) is 5. The van der Waals surface area contributed by atoms with Crippen molar-refractivity contribution in [2.24, 2.45) is 5.92 Å². The second kappa shape index (κ2) is 15.2. The van der Waals surface area contributed by atoms with Crippen LogP contribution in [0.2, 0.25) is 0 Å². The number of hydrogen-bond donors (Lipinski definition) is 2. The summed E-state index contributed by atoms with van der Waals surface area (Å²) in [7, 11) is 0. The van der Waals surface area contributed by atoms with Crippen LogP contribution in [0.5, 0.6) is 5.75 Å². The van der Waals surface area contributed by atoms with Crippen LogP contribution in [0.15, 0.2) is 54.6 Å². The summed E-state index contributed by atoms with van der Waals surface area (Å²) >= 11 is 0. The number of nitrogens with zero attached hydrogens (tertiary/aromatic N) is 3. The third-order valence-electron chi connectivity index (χ3n) is 9.61. The van der Waals surface area contributed by atoms with Gasteiger partial charge in [0.1, 0.15) is 5.75 Å². The Bertz CT molecular complexity index is 1280. The van der Waals surface area contributed by atoms with E-state index < -0.39 is 17.7 Å². The molecule has 0 bridgehead atoms.